The molecular formula is C15H19BrO4. The number of carbonyl (C=O) groups excluding carboxylic acids is 1. The highest BCUT2D eigenvalue weighted by Gasteiger charge is 2.19. The maximum absolute atomic E-state index is 12.3. The molecule has 0 atom stereocenters. The molecule has 0 spiro atoms. The molecule has 0 fully saturated rings. The van der Waals surface area contributed by atoms with Gasteiger partial charge >= 0.3 is 5.97 Å². The number of unbranched alkanes of at least 4 members (excludes halogenated alkanes) is 1. The number of carbonyl (C=O) groups is 2. The third kappa shape index (κ3) is 4.07. The Balaban J connectivity index is 2.89. The number of ketones is 1. The Morgan fingerprint density at radius 3 is 2.40 bits per heavy atom. The van der Waals surface area contributed by atoms with E-state index in [1.165, 1.54) is 0 Å². The van der Waals surface area contributed by atoms with Crippen molar-refractivity contribution in [3.05, 3.63) is 27.2 Å². The zero-order valence-electron chi connectivity index (χ0n) is 12.0. The van der Waals surface area contributed by atoms with Crippen LogP contribution in [0, 0.1) is 13.8 Å². The van der Waals surface area contributed by atoms with E-state index in [1.807, 2.05) is 19.9 Å². The standard InChI is InChI=1S/C15H19BrO4/c1-9-8-11(16)10(2)14(15(9)20-3)12(17)6-4-5-7-13(18)19/h8H,4-7H2,1-3H3,(H,18,19). The van der Waals surface area contributed by atoms with Gasteiger partial charge in [0, 0.05) is 17.3 Å². The zero-order chi connectivity index (χ0) is 15.3. The minimum Gasteiger partial charge on any atom is -0.496 e. The first-order chi connectivity index (χ1) is 9.38. The van der Waals surface area contributed by atoms with Crippen LogP contribution >= 0.6 is 15.9 Å². The Kier molecular flexibility index (Phi) is 6.20. The molecule has 0 radical (unpaired) electrons. The van der Waals surface area contributed by atoms with Gasteiger partial charge in [-0.3, -0.25) is 9.59 Å². The van der Waals surface area contributed by atoms with E-state index in [0.717, 1.165) is 15.6 Å². The lowest BCUT2D eigenvalue weighted by molar-refractivity contribution is -0.137. The van der Waals surface area contributed by atoms with Gasteiger partial charge in [-0.05, 0) is 43.9 Å². The van der Waals surface area contributed by atoms with Crippen LogP contribution in [0.2, 0.25) is 0 Å². The van der Waals surface area contributed by atoms with Crippen LogP contribution in [0.5, 0.6) is 5.75 Å². The highest BCUT2D eigenvalue weighted by atomic mass is 79.9. The molecule has 0 aromatic heterocycles. The predicted molar refractivity (Wildman–Crippen MR) is 80.6 cm³/mol. The summed E-state index contributed by atoms with van der Waals surface area (Å²) in [6.45, 7) is 3.76. The van der Waals surface area contributed by atoms with Crippen LogP contribution in [0.1, 0.15) is 47.2 Å². The zero-order valence-corrected chi connectivity index (χ0v) is 13.5. The summed E-state index contributed by atoms with van der Waals surface area (Å²) in [7, 11) is 1.55. The Bertz CT molecular complexity index is 523. The monoisotopic (exact) mass is 342 g/mol. The third-order valence-electron chi connectivity index (χ3n) is 3.19. The smallest absolute Gasteiger partial charge is 0.303 e. The number of methoxy groups -OCH3 is 1. The number of hydrogen-bond acceptors (Lipinski definition) is 3. The van der Waals surface area contributed by atoms with Crippen LogP contribution in [0.15, 0.2) is 10.5 Å². The SMILES string of the molecule is COc1c(C)cc(Br)c(C)c1C(=O)CCCCC(=O)O. The number of ether oxygens (including phenoxy) is 1. The highest BCUT2D eigenvalue weighted by Crippen LogP contribution is 2.33. The van der Waals surface area contributed by atoms with E-state index >= 15 is 0 Å². The van der Waals surface area contributed by atoms with Gasteiger partial charge in [0.15, 0.2) is 5.78 Å². The fraction of sp³-hybridized carbons (Fsp3) is 0.467. The van der Waals surface area contributed by atoms with Gasteiger partial charge in [-0.2, -0.15) is 0 Å². The topological polar surface area (TPSA) is 63.6 Å². The summed E-state index contributed by atoms with van der Waals surface area (Å²) in [5, 5.41) is 8.58. The fourth-order valence-electron chi connectivity index (χ4n) is 2.14. The molecule has 4 nitrogen and oxygen atoms in total. The van der Waals surface area contributed by atoms with E-state index in [0.29, 0.717) is 30.6 Å². The second-order valence-corrected chi connectivity index (χ2v) is 5.59. The van der Waals surface area contributed by atoms with Crippen LogP contribution in [0.4, 0.5) is 0 Å². The summed E-state index contributed by atoms with van der Waals surface area (Å²) in [6, 6.07) is 1.93. The summed E-state index contributed by atoms with van der Waals surface area (Å²) in [5.41, 5.74) is 2.35. The Morgan fingerprint density at radius 1 is 1.25 bits per heavy atom. The first kappa shape index (κ1) is 16.7. The molecule has 0 bridgehead atoms. The van der Waals surface area contributed by atoms with Gasteiger partial charge < -0.3 is 9.84 Å². The maximum Gasteiger partial charge on any atom is 0.303 e. The molecule has 5 heteroatoms. The first-order valence-corrected chi connectivity index (χ1v) is 7.26. The number of carboxylic acids is 1. The second kappa shape index (κ2) is 7.43. The van der Waals surface area contributed by atoms with Crippen LogP contribution in [-0.2, 0) is 4.79 Å². The molecule has 0 saturated carbocycles. The average Bonchev–Trinajstić information content (AvgIpc) is 2.38. The number of aryl methyl sites for hydroxylation is 1. The lowest BCUT2D eigenvalue weighted by Gasteiger charge is -2.15. The molecule has 1 N–H and O–H groups in total. The second-order valence-electron chi connectivity index (χ2n) is 4.73. The molecule has 0 aliphatic rings. The van der Waals surface area contributed by atoms with Crippen molar-refractivity contribution in [1.29, 1.82) is 0 Å². The minimum atomic E-state index is -0.829. The number of rotatable bonds is 7. The fourth-order valence-corrected chi connectivity index (χ4v) is 2.68. The Hall–Kier alpha value is -1.36. The van der Waals surface area contributed by atoms with Crippen LogP contribution in [0.25, 0.3) is 0 Å². The van der Waals surface area contributed by atoms with Crippen molar-refractivity contribution in [1.82, 2.24) is 0 Å². The lowest BCUT2D eigenvalue weighted by Crippen LogP contribution is -2.07. The summed E-state index contributed by atoms with van der Waals surface area (Å²) >= 11 is 3.44. The molecule has 0 amide bonds. The number of benzene rings is 1. The van der Waals surface area contributed by atoms with E-state index in [1.54, 1.807) is 7.11 Å². The molecule has 0 aliphatic carbocycles. The quantitative estimate of drug-likeness (QED) is 0.602. The predicted octanol–water partition coefficient (Wildman–Crippen LogP) is 3.90. The van der Waals surface area contributed by atoms with Crippen molar-refractivity contribution < 1.29 is 19.4 Å². The van der Waals surface area contributed by atoms with Crippen molar-refractivity contribution in [3.8, 4) is 5.75 Å². The number of aliphatic carboxylic acids is 1. The number of hydrogen-bond donors (Lipinski definition) is 1. The van der Waals surface area contributed by atoms with Gasteiger partial charge in [0.25, 0.3) is 0 Å². The van der Waals surface area contributed by atoms with Crippen LogP contribution in [-0.4, -0.2) is 24.0 Å². The summed E-state index contributed by atoms with van der Waals surface area (Å²) in [5.74, 6) is -0.229. The maximum atomic E-state index is 12.3. The molecular weight excluding hydrogens is 324 g/mol. The molecule has 1 aromatic carbocycles. The van der Waals surface area contributed by atoms with Gasteiger partial charge in [0.2, 0.25) is 0 Å². The molecule has 0 saturated heterocycles. The Morgan fingerprint density at radius 2 is 1.85 bits per heavy atom. The average molecular weight is 343 g/mol. The normalized spacial score (nSPS) is 10.4. The first-order valence-electron chi connectivity index (χ1n) is 6.47. The van der Waals surface area contributed by atoms with Crippen molar-refractivity contribution >= 4 is 27.7 Å². The van der Waals surface area contributed by atoms with Gasteiger partial charge in [-0.1, -0.05) is 15.9 Å². The molecule has 0 unspecified atom stereocenters. The summed E-state index contributed by atoms with van der Waals surface area (Å²) in [6.07, 6.45) is 1.51. The minimum absolute atomic E-state index is 0.00543. The van der Waals surface area contributed by atoms with Crippen molar-refractivity contribution in [2.75, 3.05) is 7.11 Å². The van der Waals surface area contributed by atoms with Gasteiger partial charge in [-0.25, -0.2) is 0 Å². The number of carboxylic acid groups (broad SMARTS) is 1. The van der Waals surface area contributed by atoms with Gasteiger partial charge in [-0.15, -0.1) is 0 Å². The molecule has 0 heterocycles. The lowest BCUT2D eigenvalue weighted by atomic mass is 9.97. The number of halogens is 1. The van der Waals surface area contributed by atoms with Crippen LogP contribution < -0.4 is 4.74 Å². The molecule has 20 heavy (non-hydrogen) atoms. The van der Waals surface area contributed by atoms with E-state index in [4.69, 9.17) is 9.84 Å². The van der Waals surface area contributed by atoms with Crippen molar-refractivity contribution in [2.24, 2.45) is 0 Å². The van der Waals surface area contributed by atoms with Crippen LogP contribution in [0.3, 0.4) is 0 Å². The summed E-state index contributed by atoms with van der Waals surface area (Å²) in [4.78, 5) is 22.8. The molecule has 110 valence electrons. The molecule has 0 aliphatic heterocycles. The van der Waals surface area contributed by atoms with E-state index in [-0.39, 0.29) is 12.2 Å². The van der Waals surface area contributed by atoms with E-state index in [9.17, 15) is 9.59 Å². The highest BCUT2D eigenvalue weighted by molar-refractivity contribution is 9.10. The summed E-state index contributed by atoms with van der Waals surface area (Å²) < 4.78 is 6.22. The largest absolute Gasteiger partial charge is 0.496 e. The third-order valence-corrected chi connectivity index (χ3v) is 4.01. The van der Waals surface area contributed by atoms with Gasteiger partial charge in [0.05, 0.1) is 12.7 Å². The van der Waals surface area contributed by atoms with Gasteiger partial charge in [0.1, 0.15) is 5.75 Å². The molecule has 1 aromatic rings. The molecule has 1 rings (SSSR count). The van der Waals surface area contributed by atoms with E-state index in [2.05, 4.69) is 15.9 Å². The Labute approximate surface area is 127 Å². The number of Topliss-reactive ketones (excluding diaryl/α,β-unsaturated/α-hetero) is 1. The van der Waals surface area contributed by atoms with Crippen molar-refractivity contribution in [3.63, 3.8) is 0 Å². The van der Waals surface area contributed by atoms with E-state index < -0.39 is 5.97 Å². The van der Waals surface area contributed by atoms with Crippen molar-refractivity contribution in [2.45, 2.75) is 39.5 Å².